The van der Waals surface area contributed by atoms with Crippen molar-refractivity contribution in [3.05, 3.63) is 30.3 Å². The Morgan fingerprint density at radius 3 is 2.56 bits per heavy atom. The van der Waals surface area contributed by atoms with Crippen molar-refractivity contribution in [1.82, 2.24) is 0 Å². The Bertz CT molecular complexity index is 354. The highest BCUT2D eigenvalue weighted by Crippen LogP contribution is 2.18. The number of hydrogen-bond acceptors (Lipinski definition) is 3. The number of anilines is 1. The second-order valence-electron chi connectivity index (χ2n) is 4.32. The van der Waals surface area contributed by atoms with Gasteiger partial charge in [-0.1, -0.05) is 18.2 Å². The molecule has 18 heavy (non-hydrogen) atoms. The van der Waals surface area contributed by atoms with Crippen molar-refractivity contribution in [2.75, 3.05) is 23.0 Å². The third kappa shape index (κ3) is 4.70. The van der Waals surface area contributed by atoms with Gasteiger partial charge in [0.05, 0.1) is 5.75 Å². The molecule has 100 valence electrons. The molecule has 0 atom stereocenters. The Morgan fingerprint density at radius 1 is 1.33 bits per heavy atom. The van der Waals surface area contributed by atoms with Crippen molar-refractivity contribution < 1.29 is 9.90 Å². The highest BCUT2D eigenvalue weighted by molar-refractivity contribution is 7.99. The lowest BCUT2D eigenvalue weighted by atomic mass is 10.2. The topological polar surface area (TPSA) is 40.5 Å². The van der Waals surface area contributed by atoms with Crippen LogP contribution in [-0.2, 0) is 4.79 Å². The zero-order valence-electron chi connectivity index (χ0n) is 11.0. The number of thioether (sulfide) groups is 1. The van der Waals surface area contributed by atoms with Crippen LogP contribution in [0.15, 0.2) is 30.3 Å². The first-order valence-corrected chi connectivity index (χ1v) is 7.38. The number of nitrogens with zero attached hydrogens (tertiary/aromatic N) is 1. The molecule has 0 aromatic heterocycles. The van der Waals surface area contributed by atoms with E-state index in [-0.39, 0.29) is 18.6 Å². The number of carbonyl (C=O) groups excluding carboxylic acids is 1. The maximum absolute atomic E-state index is 12.2. The lowest BCUT2D eigenvalue weighted by Gasteiger charge is -2.26. The third-order valence-electron chi connectivity index (χ3n) is 2.49. The summed E-state index contributed by atoms with van der Waals surface area (Å²) in [6.45, 7) is 4.22. The second-order valence-corrected chi connectivity index (χ2v) is 5.43. The van der Waals surface area contributed by atoms with Crippen LogP contribution in [0, 0.1) is 0 Å². The van der Waals surface area contributed by atoms with Crippen molar-refractivity contribution in [3.63, 3.8) is 0 Å². The van der Waals surface area contributed by atoms with E-state index in [1.165, 1.54) is 0 Å². The second kappa shape index (κ2) is 8.16. The van der Waals surface area contributed by atoms with Crippen molar-refractivity contribution in [2.45, 2.75) is 26.3 Å². The van der Waals surface area contributed by atoms with Gasteiger partial charge in [-0.15, -0.1) is 0 Å². The third-order valence-corrected chi connectivity index (χ3v) is 3.52. The van der Waals surface area contributed by atoms with E-state index in [4.69, 9.17) is 5.11 Å². The molecule has 0 aliphatic rings. The lowest BCUT2D eigenvalue weighted by Crippen LogP contribution is -2.38. The van der Waals surface area contributed by atoms with Gasteiger partial charge in [0.25, 0.3) is 0 Å². The molecule has 0 bridgehead atoms. The maximum Gasteiger partial charge on any atom is 0.237 e. The Morgan fingerprint density at radius 2 is 2.00 bits per heavy atom. The molecule has 0 fully saturated rings. The minimum Gasteiger partial charge on any atom is -0.396 e. The van der Waals surface area contributed by atoms with Gasteiger partial charge in [-0.05, 0) is 38.2 Å². The molecule has 0 saturated heterocycles. The van der Waals surface area contributed by atoms with Gasteiger partial charge in [0.15, 0.2) is 0 Å². The van der Waals surface area contributed by atoms with Crippen LogP contribution in [0.5, 0.6) is 0 Å². The minimum atomic E-state index is 0.124. The molecule has 0 aliphatic heterocycles. The van der Waals surface area contributed by atoms with Crippen LogP contribution in [0.3, 0.4) is 0 Å². The summed E-state index contributed by atoms with van der Waals surface area (Å²) in [5.41, 5.74) is 0.945. The Hall–Kier alpha value is -1.00. The average molecular weight is 267 g/mol. The van der Waals surface area contributed by atoms with Crippen LogP contribution < -0.4 is 4.90 Å². The number of amides is 1. The van der Waals surface area contributed by atoms with Gasteiger partial charge in [-0.25, -0.2) is 0 Å². The molecule has 4 heteroatoms. The predicted octanol–water partition coefficient (Wildman–Crippen LogP) is 2.54. The molecule has 0 radical (unpaired) electrons. The largest absolute Gasteiger partial charge is 0.396 e. The lowest BCUT2D eigenvalue weighted by molar-refractivity contribution is -0.116. The van der Waals surface area contributed by atoms with E-state index in [1.807, 2.05) is 49.1 Å². The minimum absolute atomic E-state index is 0.124. The Balaban J connectivity index is 2.60. The number of aliphatic hydroxyl groups is 1. The molecule has 1 N–H and O–H groups in total. The summed E-state index contributed by atoms with van der Waals surface area (Å²) in [6, 6.07) is 9.89. The van der Waals surface area contributed by atoms with Crippen LogP contribution in [0.2, 0.25) is 0 Å². The van der Waals surface area contributed by atoms with Gasteiger partial charge in [-0.3, -0.25) is 4.79 Å². The quantitative estimate of drug-likeness (QED) is 0.772. The molecule has 1 aromatic rings. The zero-order valence-corrected chi connectivity index (χ0v) is 11.8. The first kappa shape index (κ1) is 15.1. The van der Waals surface area contributed by atoms with Crippen LogP contribution in [-0.4, -0.2) is 35.2 Å². The molecule has 1 rings (SSSR count). The van der Waals surface area contributed by atoms with Crippen LogP contribution >= 0.6 is 11.8 Å². The summed E-state index contributed by atoms with van der Waals surface area (Å²) in [5, 5.41) is 8.70. The standard InChI is InChI=1S/C14H21NO2S/c1-12(2)15(13-7-4-3-5-8-13)14(17)11-18-10-6-9-16/h3-5,7-8,12,16H,6,9-11H2,1-2H3. The van der Waals surface area contributed by atoms with Gasteiger partial charge >= 0.3 is 0 Å². The van der Waals surface area contributed by atoms with E-state index in [9.17, 15) is 4.79 Å². The number of rotatable bonds is 7. The van der Waals surface area contributed by atoms with E-state index >= 15 is 0 Å². The first-order chi connectivity index (χ1) is 8.66. The van der Waals surface area contributed by atoms with Gasteiger partial charge in [0.2, 0.25) is 5.91 Å². The van der Waals surface area contributed by atoms with Gasteiger partial charge in [0.1, 0.15) is 0 Å². The summed E-state index contributed by atoms with van der Waals surface area (Å²) < 4.78 is 0. The van der Waals surface area contributed by atoms with E-state index in [0.29, 0.717) is 5.75 Å². The summed E-state index contributed by atoms with van der Waals surface area (Å²) in [5.74, 6) is 1.41. The summed E-state index contributed by atoms with van der Waals surface area (Å²) in [6.07, 6.45) is 0.741. The molecule has 0 heterocycles. The van der Waals surface area contributed by atoms with Crippen LogP contribution in [0.4, 0.5) is 5.69 Å². The monoisotopic (exact) mass is 267 g/mol. The summed E-state index contributed by atoms with van der Waals surface area (Å²) in [7, 11) is 0. The number of benzene rings is 1. The Labute approximate surface area is 113 Å². The molecule has 3 nitrogen and oxygen atoms in total. The van der Waals surface area contributed by atoms with Crippen molar-refractivity contribution >= 4 is 23.4 Å². The first-order valence-electron chi connectivity index (χ1n) is 6.22. The SMILES string of the molecule is CC(C)N(C(=O)CSCCCO)c1ccccc1. The van der Waals surface area contributed by atoms with E-state index in [0.717, 1.165) is 17.9 Å². The van der Waals surface area contributed by atoms with Gasteiger partial charge in [0, 0.05) is 18.3 Å². The van der Waals surface area contributed by atoms with E-state index in [2.05, 4.69) is 0 Å². The fraction of sp³-hybridized carbons (Fsp3) is 0.500. The fourth-order valence-corrected chi connectivity index (χ4v) is 2.51. The normalized spacial score (nSPS) is 10.7. The van der Waals surface area contributed by atoms with E-state index in [1.54, 1.807) is 11.8 Å². The van der Waals surface area contributed by atoms with Crippen LogP contribution in [0.25, 0.3) is 0 Å². The van der Waals surface area contributed by atoms with Crippen LogP contribution in [0.1, 0.15) is 20.3 Å². The molecular weight excluding hydrogens is 246 g/mol. The predicted molar refractivity (Wildman–Crippen MR) is 78.1 cm³/mol. The smallest absolute Gasteiger partial charge is 0.237 e. The number of hydrogen-bond donors (Lipinski definition) is 1. The van der Waals surface area contributed by atoms with E-state index < -0.39 is 0 Å². The molecule has 1 amide bonds. The molecular formula is C14H21NO2S. The fourth-order valence-electron chi connectivity index (χ4n) is 1.71. The molecule has 0 saturated carbocycles. The molecule has 1 aromatic carbocycles. The Kier molecular flexibility index (Phi) is 6.83. The number of aliphatic hydroxyl groups excluding tert-OH is 1. The molecule has 0 spiro atoms. The summed E-state index contributed by atoms with van der Waals surface area (Å²) >= 11 is 1.58. The molecule has 0 aliphatic carbocycles. The highest BCUT2D eigenvalue weighted by atomic mass is 32.2. The van der Waals surface area contributed by atoms with Crippen molar-refractivity contribution in [1.29, 1.82) is 0 Å². The van der Waals surface area contributed by atoms with Crippen molar-refractivity contribution in [3.8, 4) is 0 Å². The van der Waals surface area contributed by atoms with Gasteiger partial charge in [-0.2, -0.15) is 11.8 Å². The van der Waals surface area contributed by atoms with Gasteiger partial charge < -0.3 is 10.0 Å². The maximum atomic E-state index is 12.2. The highest BCUT2D eigenvalue weighted by Gasteiger charge is 2.18. The van der Waals surface area contributed by atoms with Crippen molar-refractivity contribution in [2.24, 2.45) is 0 Å². The number of carbonyl (C=O) groups is 1. The summed E-state index contributed by atoms with van der Waals surface area (Å²) in [4.78, 5) is 14.0. The number of para-hydroxylation sites is 1. The zero-order chi connectivity index (χ0) is 13.4. The average Bonchev–Trinajstić information content (AvgIpc) is 2.36. The molecule has 0 unspecified atom stereocenters.